The SMILES string of the molecule is CCC1C(=O)NC(C(C)C)C(=O)N1CCC1=CCCC1. The maximum Gasteiger partial charge on any atom is 0.246 e. The summed E-state index contributed by atoms with van der Waals surface area (Å²) in [5.74, 6) is 0.230. The Morgan fingerprint density at radius 2 is 2.15 bits per heavy atom. The Balaban J connectivity index is 2.07. The van der Waals surface area contributed by atoms with Crippen molar-refractivity contribution in [2.75, 3.05) is 6.54 Å². The van der Waals surface area contributed by atoms with E-state index in [1.807, 2.05) is 25.7 Å². The summed E-state index contributed by atoms with van der Waals surface area (Å²) in [5.41, 5.74) is 1.44. The van der Waals surface area contributed by atoms with E-state index in [9.17, 15) is 9.59 Å². The van der Waals surface area contributed by atoms with Gasteiger partial charge < -0.3 is 10.2 Å². The van der Waals surface area contributed by atoms with E-state index in [1.54, 1.807) is 0 Å². The number of carbonyl (C=O) groups is 2. The first-order valence-electron chi connectivity index (χ1n) is 7.83. The molecule has 0 aromatic carbocycles. The van der Waals surface area contributed by atoms with E-state index in [-0.39, 0.29) is 29.8 Å². The molecule has 112 valence electrons. The molecule has 2 atom stereocenters. The highest BCUT2D eigenvalue weighted by molar-refractivity contribution is 5.97. The second-order valence-electron chi connectivity index (χ2n) is 6.19. The summed E-state index contributed by atoms with van der Waals surface area (Å²) in [6.07, 6.45) is 7.43. The van der Waals surface area contributed by atoms with Gasteiger partial charge in [-0.15, -0.1) is 0 Å². The summed E-state index contributed by atoms with van der Waals surface area (Å²) in [5, 5.41) is 2.88. The minimum absolute atomic E-state index is 0.00574. The van der Waals surface area contributed by atoms with Crippen molar-refractivity contribution in [2.24, 2.45) is 5.92 Å². The summed E-state index contributed by atoms with van der Waals surface area (Å²) in [6, 6.07) is -0.651. The molecule has 0 spiro atoms. The van der Waals surface area contributed by atoms with Crippen molar-refractivity contribution in [3.63, 3.8) is 0 Å². The number of carbonyl (C=O) groups excluding carboxylic acids is 2. The van der Waals surface area contributed by atoms with Crippen LogP contribution < -0.4 is 5.32 Å². The van der Waals surface area contributed by atoms with Crippen molar-refractivity contribution in [3.8, 4) is 0 Å². The summed E-state index contributed by atoms with van der Waals surface area (Å²) < 4.78 is 0. The first-order chi connectivity index (χ1) is 9.54. The van der Waals surface area contributed by atoms with E-state index in [2.05, 4.69) is 11.4 Å². The van der Waals surface area contributed by atoms with E-state index in [0.29, 0.717) is 13.0 Å². The highest BCUT2D eigenvalue weighted by Gasteiger charge is 2.40. The van der Waals surface area contributed by atoms with Gasteiger partial charge in [-0.05, 0) is 38.0 Å². The minimum Gasteiger partial charge on any atom is -0.342 e. The molecule has 20 heavy (non-hydrogen) atoms. The van der Waals surface area contributed by atoms with Gasteiger partial charge in [0.2, 0.25) is 11.8 Å². The Morgan fingerprint density at radius 3 is 2.70 bits per heavy atom. The molecule has 1 saturated heterocycles. The number of hydrogen-bond acceptors (Lipinski definition) is 2. The van der Waals surface area contributed by atoms with Gasteiger partial charge in [-0.25, -0.2) is 0 Å². The fraction of sp³-hybridized carbons (Fsp3) is 0.750. The predicted octanol–water partition coefficient (Wildman–Crippen LogP) is 2.25. The fourth-order valence-electron chi connectivity index (χ4n) is 3.14. The third kappa shape index (κ3) is 3.05. The number of rotatable bonds is 5. The molecule has 4 heteroatoms. The van der Waals surface area contributed by atoms with Gasteiger partial charge in [-0.3, -0.25) is 9.59 Å². The monoisotopic (exact) mass is 278 g/mol. The lowest BCUT2D eigenvalue weighted by Crippen LogP contribution is -2.64. The maximum absolute atomic E-state index is 12.6. The second kappa shape index (κ2) is 6.42. The average Bonchev–Trinajstić information content (AvgIpc) is 2.91. The van der Waals surface area contributed by atoms with Crippen LogP contribution in [-0.2, 0) is 9.59 Å². The molecule has 0 bridgehead atoms. The Hall–Kier alpha value is -1.32. The number of hydrogen-bond donors (Lipinski definition) is 1. The summed E-state index contributed by atoms with van der Waals surface area (Å²) in [7, 11) is 0. The van der Waals surface area contributed by atoms with E-state index in [1.165, 1.54) is 12.0 Å². The number of amides is 2. The van der Waals surface area contributed by atoms with Crippen LogP contribution in [0.3, 0.4) is 0 Å². The summed E-state index contributed by atoms with van der Waals surface area (Å²) in [4.78, 5) is 26.6. The van der Waals surface area contributed by atoms with E-state index < -0.39 is 0 Å². The molecule has 2 rings (SSSR count). The third-order valence-corrected chi connectivity index (χ3v) is 4.39. The minimum atomic E-state index is -0.358. The van der Waals surface area contributed by atoms with Gasteiger partial charge in [-0.2, -0.15) is 0 Å². The molecule has 1 N–H and O–H groups in total. The Bertz CT molecular complexity index is 415. The Labute approximate surface area is 121 Å². The standard InChI is InChI=1S/C16H26N2O2/c1-4-13-15(19)17-14(11(2)3)16(20)18(13)10-9-12-7-5-6-8-12/h7,11,13-14H,4-6,8-10H2,1-3H3,(H,17,19). The largest absolute Gasteiger partial charge is 0.342 e. The van der Waals surface area contributed by atoms with Crippen LogP contribution in [0.1, 0.15) is 52.9 Å². The van der Waals surface area contributed by atoms with Crippen molar-refractivity contribution >= 4 is 11.8 Å². The van der Waals surface area contributed by atoms with Crippen molar-refractivity contribution in [2.45, 2.75) is 65.0 Å². The van der Waals surface area contributed by atoms with Crippen LogP contribution in [0.25, 0.3) is 0 Å². The van der Waals surface area contributed by atoms with E-state index in [0.717, 1.165) is 19.3 Å². The topological polar surface area (TPSA) is 49.4 Å². The Kier molecular flexibility index (Phi) is 4.84. The van der Waals surface area contributed by atoms with Crippen molar-refractivity contribution < 1.29 is 9.59 Å². The highest BCUT2D eigenvalue weighted by Crippen LogP contribution is 2.23. The van der Waals surface area contributed by atoms with Crippen molar-refractivity contribution in [3.05, 3.63) is 11.6 Å². The van der Waals surface area contributed by atoms with Crippen LogP contribution >= 0.6 is 0 Å². The van der Waals surface area contributed by atoms with Gasteiger partial charge in [0, 0.05) is 6.54 Å². The highest BCUT2D eigenvalue weighted by atomic mass is 16.2. The average molecular weight is 278 g/mol. The first kappa shape index (κ1) is 15.1. The fourth-order valence-corrected chi connectivity index (χ4v) is 3.14. The molecule has 0 saturated carbocycles. The van der Waals surface area contributed by atoms with Crippen LogP contribution in [0.2, 0.25) is 0 Å². The zero-order valence-electron chi connectivity index (χ0n) is 12.8. The summed E-state index contributed by atoms with van der Waals surface area (Å²) in [6.45, 7) is 6.61. The predicted molar refractivity (Wildman–Crippen MR) is 79.1 cm³/mol. The van der Waals surface area contributed by atoms with Gasteiger partial charge in [0.05, 0.1) is 0 Å². The molecule has 0 radical (unpaired) electrons. The molecular formula is C16H26N2O2. The lowest BCUT2D eigenvalue weighted by Gasteiger charge is -2.40. The zero-order valence-corrected chi connectivity index (χ0v) is 12.8. The number of nitrogens with one attached hydrogen (secondary N) is 1. The molecule has 0 aromatic rings. The molecule has 0 aromatic heterocycles. The first-order valence-corrected chi connectivity index (χ1v) is 7.83. The van der Waals surface area contributed by atoms with Crippen LogP contribution in [0, 0.1) is 5.92 Å². The molecule has 1 heterocycles. The van der Waals surface area contributed by atoms with Gasteiger partial charge in [0.15, 0.2) is 0 Å². The van der Waals surface area contributed by atoms with Gasteiger partial charge >= 0.3 is 0 Å². The number of piperazine rings is 1. The third-order valence-electron chi connectivity index (χ3n) is 4.39. The maximum atomic E-state index is 12.6. The smallest absolute Gasteiger partial charge is 0.246 e. The van der Waals surface area contributed by atoms with Crippen LogP contribution in [-0.4, -0.2) is 35.3 Å². The van der Waals surface area contributed by atoms with Gasteiger partial charge in [0.1, 0.15) is 12.1 Å². The van der Waals surface area contributed by atoms with Crippen LogP contribution in [0.15, 0.2) is 11.6 Å². The molecule has 1 fully saturated rings. The molecule has 2 amide bonds. The van der Waals surface area contributed by atoms with Crippen LogP contribution in [0.4, 0.5) is 0 Å². The lowest BCUT2D eigenvalue weighted by atomic mass is 9.96. The van der Waals surface area contributed by atoms with Crippen LogP contribution in [0.5, 0.6) is 0 Å². The van der Waals surface area contributed by atoms with Gasteiger partial charge in [-0.1, -0.05) is 32.4 Å². The normalized spacial score (nSPS) is 27.0. The van der Waals surface area contributed by atoms with E-state index in [4.69, 9.17) is 0 Å². The molecule has 2 aliphatic rings. The quantitative estimate of drug-likeness (QED) is 0.784. The molecule has 2 unspecified atom stereocenters. The molecule has 1 aliphatic carbocycles. The van der Waals surface area contributed by atoms with Gasteiger partial charge in [0.25, 0.3) is 0 Å². The molecular weight excluding hydrogens is 252 g/mol. The second-order valence-corrected chi connectivity index (χ2v) is 6.19. The Morgan fingerprint density at radius 1 is 1.40 bits per heavy atom. The van der Waals surface area contributed by atoms with Crippen molar-refractivity contribution in [1.82, 2.24) is 10.2 Å². The van der Waals surface area contributed by atoms with Crippen molar-refractivity contribution in [1.29, 1.82) is 0 Å². The number of allylic oxidation sites excluding steroid dienone is 1. The number of nitrogens with zero attached hydrogens (tertiary/aromatic N) is 1. The lowest BCUT2D eigenvalue weighted by molar-refractivity contribution is -0.150. The zero-order chi connectivity index (χ0) is 14.7. The summed E-state index contributed by atoms with van der Waals surface area (Å²) >= 11 is 0. The molecule has 1 aliphatic heterocycles. The molecule has 4 nitrogen and oxygen atoms in total. The van der Waals surface area contributed by atoms with E-state index >= 15 is 0 Å².